The van der Waals surface area contributed by atoms with Gasteiger partial charge in [0.2, 0.25) is 0 Å². The Bertz CT molecular complexity index is 338. The Morgan fingerprint density at radius 2 is 1.59 bits per heavy atom. The molecule has 3 fully saturated rings. The third kappa shape index (κ3) is 1.53. The molecule has 2 nitrogen and oxygen atoms in total. The monoisotopic (exact) mass is 238 g/mol. The molecule has 2 heteroatoms. The third-order valence-corrected chi connectivity index (χ3v) is 6.06. The summed E-state index contributed by atoms with van der Waals surface area (Å²) in [4.78, 5) is 0. The first-order chi connectivity index (χ1) is 7.77. The largest absolute Gasteiger partial charge is 0.390 e. The maximum Gasteiger partial charge on any atom is 0.0919 e. The van der Waals surface area contributed by atoms with Gasteiger partial charge in [0.15, 0.2) is 0 Å². The van der Waals surface area contributed by atoms with Gasteiger partial charge in [0.25, 0.3) is 0 Å². The lowest BCUT2D eigenvalue weighted by molar-refractivity contribution is -0.253. The van der Waals surface area contributed by atoms with Crippen LogP contribution in [0.2, 0.25) is 0 Å². The lowest BCUT2D eigenvalue weighted by Crippen LogP contribution is -2.59. The fourth-order valence-electron chi connectivity index (χ4n) is 4.78. The zero-order chi connectivity index (χ0) is 12.5. The van der Waals surface area contributed by atoms with E-state index in [1.165, 1.54) is 12.8 Å². The van der Waals surface area contributed by atoms with Gasteiger partial charge in [-0.1, -0.05) is 13.8 Å². The van der Waals surface area contributed by atoms with Crippen LogP contribution < -0.4 is 0 Å². The van der Waals surface area contributed by atoms with Crippen molar-refractivity contribution in [1.29, 1.82) is 0 Å². The van der Waals surface area contributed by atoms with Gasteiger partial charge in [0.1, 0.15) is 0 Å². The topological polar surface area (TPSA) is 29.5 Å². The smallest absolute Gasteiger partial charge is 0.0919 e. The van der Waals surface area contributed by atoms with Gasteiger partial charge in [-0.25, -0.2) is 0 Å². The molecule has 1 N–H and O–H groups in total. The summed E-state index contributed by atoms with van der Waals surface area (Å²) in [5.41, 5.74) is 0.209. The van der Waals surface area contributed by atoms with Gasteiger partial charge in [-0.15, -0.1) is 0 Å². The summed E-state index contributed by atoms with van der Waals surface area (Å²) in [6.07, 6.45) is 5.21. The van der Waals surface area contributed by atoms with E-state index in [0.717, 1.165) is 25.2 Å². The number of fused-ring (bicyclic) bond motifs is 4. The molecule has 3 rings (SSSR count). The van der Waals surface area contributed by atoms with Crippen LogP contribution in [-0.2, 0) is 4.74 Å². The van der Waals surface area contributed by atoms with E-state index in [2.05, 4.69) is 27.7 Å². The van der Waals surface area contributed by atoms with Crippen molar-refractivity contribution in [2.45, 2.75) is 77.1 Å². The summed E-state index contributed by atoms with van der Waals surface area (Å²) < 4.78 is 6.41. The summed E-state index contributed by atoms with van der Waals surface area (Å²) in [7, 11) is 0. The van der Waals surface area contributed by atoms with E-state index in [1.54, 1.807) is 0 Å². The van der Waals surface area contributed by atoms with E-state index in [4.69, 9.17) is 4.74 Å². The normalized spacial score (nSPS) is 56.6. The summed E-state index contributed by atoms with van der Waals surface area (Å²) in [6.45, 7) is 9.19. The maximum absolute atomic E-state index is 10.2. The van der Waals surface area contributed by atoms with E-state index in [9.17, 15) is 5.11 Å². The van der Waals surface area contributed by atoms with Crippen LogP contribution in [0.5, 0.6) is 0 Å². The lowest BCUT2D eigenvalue weighted by Gasteiger charge is -2.58. The molecule has 5 atom stereocenters. The summed E-state index contributed by atoms with van der Waals surface area (Å²) in [5, 5.41) is 10.2. The lowest BCUT2D eigenvalue weighted by atomic mass is 9.50. The second-order valence-electron chi connectivity index (χ2n) is 7.73. The average molecular weight is 238 g/mol. The predicted molar refractivity (Wildman–Crippen MR) is 67.7 cm³/mol. The Morgan fingerprint density at radius 1 is 0.941 bits per heavy atom. The van der Waals surface area contributed by atoms with Crippen molar-refractivity contribution >= 4 is 0 Å². The molecule has 2 heterocycles. The van der Waals surface area contributed by atoms with Crippen LogP contribution in [-0.4, -0.2) is 22.4 Å². The average Bonchev–Trinajstić information content (AvgIpc) is 2.28. The second-order valence-corrected chi connectivity index (χ2v) is 7.73. The van der Waals surface area contributed by atoms with Crippen LogP contribution in [0.4, 0.5) is 0 Å². The Balaban J connectivity index is 1.93. The Hall–Kier alpha value is -0.0800. The van der Waals surface area contributed by atoms with Crippen molar-refractivity contribution in [3.8, 4) is 0 Å². The highest BCUT2D eigenvalue weighted by atomic mass is 16.5. The van der Waals surface area contributed by atoms with E-state index >= 15 is 0 Å². The highest BCUT2D eigenvalue weighted by Crippen LogP contribution is 2.62. The maximum atomic E-state index is 10.2. The standard InChI is InChI=1S/C15H26O2/c1-13(2)9-11-10(13)5-7-15(4)12(16)6-8-14(11,3)17-15/h10-12,16H,5-9H2,1-4H3/t10-,11-,12+,14+,15-/m0/s1. The summed E-state index contributed by atoms with van der Waals surface area (Å²) in [6, 6.07) is 0. The molecule has 0 radical (unpaired) electrons. The molecule has 2 bridgehead atoms. The quantitative estimate of drug-likeness (QED) is 0.702. The fourth-order valence-corrected chi connectivity index (χ4v) is 4.78. The number of hydrogen-bond donors (Lipinski definition) is 1. The highest BCUT2D eigenvalue weighted by molar-refractivity contribution is 5.10. The SMILES string of the molecule is CC1(C)C[C@H]2[C@@H]1CC[C@]1(C)O[C@]2(C)CC[C@H]1O. The van der Waals surface area contributed by atoms with Gasteiger partial charge in [0, 0.05) is 0 Å². The first-order valence-electron chi connectivity index (χ1n) is 7.15. The van der Waals surface area contributed by atoms with Gasteiger partial charge < -0.3 is 9.84 Å². The van der Waals surface area contributed by atoms with Crippen molar-refractivity contribution in [2.24, 2.45) is 17.3 Å². The molecule has 98 valence electrons. The predicted octanol–water partition coefficient (Wildman–Crippen LogP) is 3.13. The molecule has 2 saturated heterocycles. The Kier molecular flexibility index (Phi) is 2.30. The number of aliphatic hydroxyl groups is 1. The zero-order valence-corrected chi connectivity index (χ0v) is 11.6. The van der Waals surface area contributed by atoms with Crippen molar-refractivity contribution in [1.82, 2.24) is 0 Å². The zero-order valence-electron chi connectivity index (χ0n) is 11.6. The molecule has 17 heavy (non-hydrogen) atoms. The molecule has 0 spiro atoms. The van der Waals surface area contributed by atoms with Crippen molar-refractivity contribution < 1.29 is 9.84 Å². The number of rotatable bonds is 0. The molecule has 0 aromatic rings. The molecule has 1 saturated carbocycles. The summed E-state index contributed by atoms with van der Waals surface area (Å²) in [5.74, 6) is 1.51. The first-order valence-corrected chi connectivity index (χ1v) is 7.15. The van der Waals surface area contributed by atoms with Gasteiger partial charge in [-0.2, -0.15) is 0 Å². The number of hydrogen-bond acceptors (Lipinski definition) is 2. The molecule has 0 aromatic carbocycles. The van der Waals surface area contributed by atoms with Crippen LogP contribution in [0.1, 0.15) is 59.8 Å². The minimum atomic E-state index is -0.291. The Morgan fingerprint density at radius 3 is 2.24 bits per heavy atom. The first kappa shape index (κ1) is 12.0. The van der Waals surface area contributed by atoms with Crippen LogP contribution in [0, 0.1) is 17.3 Å². The van der Waals surface area contributed by atoms with Gasteiger partial charge in [-0.05, 0) is 63.2 Å². The van der Waals surface area contributed by atoms with Crippen molar-refractivity contribution in [3.63, 3.8) is 0 Å². The van der Waals surface area contributed by atoms with Crippen LogP contribution in [0.15, 0.2) is 0 Å². The summed E-state index contributed by atoms with van der Waals surface area (Å²) >= 11 is 0. The molecule has 1 aliphatic carbocycles. The molecule has 0 unspecified atom stereocenters. The van der Waals surface area contributed by atoms with E-state index < -0.39 is 0 Å². The van der Waals surface area contributed by atoms with Gasteiger partial charge in [0.05, 0.1) is 17.3 Å². The van der Waals surface area contributed by atoms with Crippen molar-refractivity contribution in [3.05, 3.63) is 0 Å². The van der Waals surface area contributed by atoms with Crippen LogP contribution >= 0.6 is 0 Å². The molecular formula is C15H26O2. The van der Waals surface area contributed by atoms with Crippen molar-refractivity contribution in [2.75, 3.05) is 0 Å². The molecule has 0 aromatic heterocycles. The number of aliphatic hydroxyl groups excluding tert-OH is 1. The van der Waals surface area contributed by atoms with Crippen LogP contribution in [0.3, 0.4) is 0 Å². The number of ether oxygens (including phenoxy) is 1. The van der Waals surface area contributed by atoms with Gasteiger partial charge in [-0.3, -0.25) is 0 Å². The highest BCUT2D eigenvalue weighted by Gasteiger charge is 2.61. The molecular weight excluding hydrogens is 212 g/mol. The fraction of sp³-hybridized carbons (Fsp3) is 1.00. The molecule has 0 amide bonds. The third-order valence-electron chi connectivity index (χ3n) is 6.06. The van der Waals surface area contributed by atoms with Crippen LogP contribution in [0.25, 0.3) is 0 Å². The molecule has 2 aliphatic heterocycles. The second kappa shape index (κ2) is 3.27. The molecule has 3 aliphatic rings. The van der Waals surface area contributed by atoms with E-state index in [1.807, 2.05) is 0 Å². The minimum Gasteiger partial charge on any atom is -0.390 e. The Labute approximate surface area is 105 Å². The van der Waals surface area contributed by atoms with Gasteiger partial charge >= 0.3 is 0 Å². The van der Waals surface area contributed by atoms with E-state index in [-0.39, 0.29) is 17.3 Å². The minimum absolute atomic E-state index is 0.0185. The van der Waals surface area contributed by atoms with E-state index in [0.29, 0.717) is 11.3 Å².